The lowest BCUT2D eigenvalue weighted by Gasteiger charge is -2.23. The highest BCUT2D eigenvalue weighted by Crippen LogP contribution is 2.35. The molecule has 0 radical (unpaired) electrons. The largest absolute Gasteiger partial charge is 0.496 e. The van der Waals surface area contributed by atoms with Crippen molar-refractivity contribution in [1.82, 2.24) is 0 Å². The SMILES string of the molecule is COc1csc(C(O)CC2CCCCC2)c1. The van der Waals surface area contributed by atoms with Crippen molar-refractivity contribution in [3.63, 3.8) is 0 Å². The number of thiophene rings is 1. The zero-order valence-electron chi connectivity index (χ0n) is 9.82. The first-order valence-corrected chi connectivity index (χ1v) is 6.98. The fraction of sp³-hybridized carbons (Fsp3) is 0.692. The molecule has 90 valence electrons. The molecule has 1 aliphatic carbocycles. The molecule has 0 spiro atoms. The molecule has 1 fully saturated rings. The molecule has 0 aromatic carbocycles. The molecule has 3 heteroatoms. The van der Waals surface area contributed by atoms with Gasteiger partial charge in [-0.05, 0) is 18.4 Å². The number of aliphatic hydroxyl groups is 1. The van der Waals surface area contributed by atoms with Crippen molar-refractivity contribution in [3.8, 4) is 5.75 Å². The van der Waals surface area contributed by atoms with Crippen molar-refractivity contribution in [2.45, 2.75) is 44.6 Å². The second-order valence-corrected chi connectivity index (χ2v) is 5.59. The van der Waals surface area contributed by atoms with Gasteiger partial charge in [0.1, 0.15) is 5.75 Å². The minimum Gasteiger partial charge on any atom is -0.496 e. The molecule has 2 rings (SSSR count). The summed E-state index contributed by atoms with van der Waals surface area (Å²) >= 11 is 1.60. The van der Waals surface area contributed by atoms with Crippen molar-refractivity contribution in [3.05, 3.63) is 16.3 Å². The number of aliphatic hydroxyl groups excluding tert-OH is 1. The molecule has 1 N–H and O–H groups in total. The number of rotatable bonds is 4. The molecular weight excluding hydrogens is 220 g/mol. The first-order valence-electron chi connectivity index (χ1n) is 6.10. The van der Waals surface area contributed by atoms with Crippen LogP contribution in [0.3, 0.4) is 0 Å². The molecule has 1 unspecified atom stereocenters. The summed E-state index contributed by atoms with van der Waals surface area (Å²) < 4.78 is 5.13. The Labute approximate surface area is 101 Å². The van der Waals surface area contributed by atoms with Crippen LogP contribution in [-0.2, 0) is 0 Å². The van der Waals surface area contributed by atoms with Crippen LogP contribution >= 0.6 is 11.3 Å². The first kappa shape index (κ1) is 11.9. The number of hydrogen-bond donors (Lipinski definition) is 1. The van der Waals surface area contributed by atoms with Gasteiger partial charge in [-0.2, -0.15) is 0 Å². The third-order valence-electron chi connectivity index (χ3n) is 3.44. The van der Waals surface area contributed by atoms with E-state index in [4.69, 9.17) is 4.74 Å². The van der Waals surface area contributed by atoms with E-state index in [0.717, 1.165) is 23.0 Å². The van der Waals surface area contributed by atoms with Gasteiger partial charge in [-0.25, -0.2) is 0 Å². The van der Waals surface area contributed by atoms with E-state index >= 15 is 0 Å². The van der Waals surface area contributed by atoms with Crippen LogP contribution in [0.2, 0.25) is 0 Å². The number of methoxy groups -OCH3 is 1. The van der Waals surface area contributed by atoms with E-state index < -0.39 is 0 Å². The van der Waals surface area contributed by atoms with Crippen LogP contribution in [-0.4, -0.2) is 12.2 Å². The molecule has 0 bridgehead atoms. The van der Waals surface area contributed by atoms with Gasteiger partial charge in [-0.3, -0.25) is 0 Å². The van der Waals surface area contributed by atoms with E-state index in [9.17, 15) is 5.11 Å². The molecule has 0 amide bonds. The molecule has 0 saturated heterocycles. The van der Waals surface area contributed by atoms with E-state index in [1.54, 1.807) is 18.4 Å². The van der Waals surface area contributed by atoms with E-state index in [1.807, 2.05) is 11.4 Å². The zero-order chi connectivity index (χ0) is 11.4. The lowest BCUT2D eigenvalue weighted by molar-refractivity contribution is 0.134. The van der Waals surface area contributed by atoms with E-state index in [1.165, 1.54) is 32.1 Å². The van der Waals surface area contributed by atoms with Gasteiger partial charge < -0.3 is 9.84 Å². The van der Waals surface area contributed by atoms with Crippen LogP contribution in [0.25, 0.3) is 0 Å². The summed E-state index contributed by atoms with van der Waals surface area (Å²) in [7, 11) is 1.67. The molecule has 0 aliphatic heterocycles. The van der Waals surface area contributed by atoms with Gasteiger partial charge in [0.15, 0.2) is 0 Å². The highest BCUT2D eigenvalue weighted by Gasteiger charge is 2.19. The van der Waals surface area contributed by atoms with Crippen molar-refractivity contribution < 1.29 is 9.84 Å². The molecule has 1 atom stereocenters. The predicted molar refractivity (Wildman–Crippen MR) is 67.0 cm³/mol. The summed E-state index contributed by atoms with van der Waals surface area (Å²) in [4.78, 5) is 1.04. The maximum atomic E-state index is 10.1. The summed E-state index contributed by atoms with van der Waals surface area (Å²) in [5.41, 5.74) is 0. The quantitative estimate of drug-likeness (QED) is 0.868. The second kappa shape index (κ2) is 5.69. The van der Waals surface area contributed by atoms with E-state index in [-0.39, 0.29) is 6.10 Å². The van der Waals surface area contributed by atoms with E-state index in [2.05, 4.69) is 0 Å². The molecule has 1 saturated carbocycles. The average molecular weight is 240 g/mol. The Morgan fingerprint density at radius 3 is 2.81 bits per heavy atom. The van der Waals surface area contributed by atoms with Crippen molar-refractivity contribution in [2.75, 3.05) is 7.11 Å². The summed E-state index contributed by atoms with van der Waals surface area (Å²) in [6, 6.07) is 1.96. The smallest absolute Gasteiger partial charge is 0.129 e. The fourth-order valence-electron chi connectivity index (χ4n) is 2.47. The minimum atomic E-state index is -0.294. The molecule has 2 nitrogen and oxygen atoms in total. The summed E-state index contributed by atoms with van der Waals surface area (Å²) in [5, 5.41) is 12.1. The lowest BCUT2D eigenvalue weighted by Crippen LogP contribution is -2.10. The Balaban J connectivity index is 1.88. The van der Waals surface area contributed by atoms with Gasteiger partial charge in [0.25, 0.3) is 0 Å². The molecule has 1 heterocycles. The van der Waals surface area contributed by atoms with Crippen LogP contribution in [0.1, 0.15) is 49.5 Å². The van der Waals surface area contributed by atoms with Crippen LogP contribution in [0.15, 0.2) is 11.4 Å². The third kappa shape index (κ3) is 2.98. The monoisotopic (exact) mass is 240 g/mol. The summed E-state index contributed by atoms with van der Waals surface area (Å²) in [6.07, 6.45) is 7.26. The Morgan fingerprint density at radius 1 is 1.44 bits per heavy atom. The molecule has 1 aromatic heterocycles. The Hall–Kier alpha value is -0.540. The summed E-state index contributed by atoms with van der Waals surface area (Å²) in [6.45, 7) is 0. The van der Waals surface area contributed by atoms with Crippen LogP contribution < -0.4 is 4.74 Å². The van der Waals surface area contributed by atoms with Gasteiger partial charge >= 0.3 is 0 Å². The predicted octanol–water partition coefficient (Wildman–Crippen LogP) is 3.76. The van der Waals surface area contributed by atoms with Crippen molar-refractivity contribution in [2.24, 2.45) is 5.92 Å². The molecule has 1 aliphatic rings. The number of hydrogen-bond acceptors (Lipinski definition) is 3. The van der Waals surface area contributed by atoms with Crippen LogP contribution in [0.4, 0.5) is 0 Å². The second-order valence-electron chi connectivity index (χ2n) is 4.64. The van der Waals surface area contributed by atoms with E-state index in [0.29, 0.717) is 0 Å². The molecule has 1 aromatic rings. The highest BCUT2D eigenvalue weighted by molar-refractivity contribution is 7.10. The summed E-state index contributed by atoms with van der Waals surface area (Å²) in [5.74, 6) is 1.58. The van der Waals surface area contributed by atoms with Gasteiger partial charge in [-0.15, -0.1) is 11.3 Å². The van der Waals surface area contributed by atoms with Crippen LogP contribution in [0.5, 0.6) is 5.75 Å². The topological polar surface area (TPSA) is 29.5 Å². The minimum absolute atomic E-state index is 0.294. The first-order chi connectivity index (χ1) is 7.79. The lowest BCUT2D eigenvalue weighted by atomic mass is 9.85. The average Bonchev–Trinajstić information content (AvgIpc) is 2.79. The maximum Gasteiger partial charge on any atom is 0.129 e. The standard InChI is InChI=1S/C13H20O2S/c1-15-11-8-13(16-9-11)12(14)7-10-5-3-2-4-6-10/h8-10,12,14H,2-7H2,1H3. The highest BCUT2D eigenvalue weighted by atomic mass is 32.1. The van der Waals surface area contributed by atoms with Crippen molar-refractivity contribution >= 4 is 11.3 Å². The normalized spacial score (nSPS) is 19.6. The maximum absolute atomic E-state index is 10.1. The van der Waals surface area contributed by atoms with Gasteiger partial charge in [0.2, 0.25) is 0 Å². The molecular formula is C13H20O2S. The van der Waals surface area contributed by atoms with Gasteiger partial charge in [0, 0.05) is 10.3 Å². The van der Waals surface area contributed by atoms with Gasteiger partial charge in [-0.1, -0.05) is 32.1 Å². The molecule has 16 heavy (non-hydrogen) atoms. The van der Waals surface area contributed by atoms with Crippen LogP contribution in [0, 0.1) is 5.92 Å². The zero-order valence-corrected chi connectivity index (χ0v) is 10.6. The Kier molecular flexibility index (Phi) is 4.24. The fourth-order valence-corrected chi connectivity index (χ4v) is 3.32. The van der Waals surface area contributed by atoms with Gasteiger partial charge in [0.05, 0.1) is 13.2 Å². The third-order valence-corrected chi connectivity index (χ3v) is 4.45. The van der Waals surface area contributed by atoms with Crippen molar-refractivity contribution in [1.29, 1.82) is 0 Å². The Morgan fingerprint density at radius 2 is 2.19 bits per heavy atom. The number of ether oxygens (including phenoxy) is 1. The Bertz CT molecular complexity index is 315.